The van der Waals surface area contributed by atoms with Gasteiger partial charge in [0.2, 0.25) is 0 Å². The minimum atomic E-state index is 0.689. The van der Waals surface area contributed by atoms with Crippen molar-refractivity contribution in [3.8, 4) is 67.3 Å². The maximum Gasteiger partial charge on any atom is 0.160 e. The summed E-state index contributed by atoms with van der Waals surface area (Å²) in [5.41, 5.74) is 11.9. The molecule has 10 rings (SSSR count). The lowest BCUT2D eigenvalue weighted by atomic mass is 9.87. The summed E-state index contributed by atoms with van der Waals surface area (Å²) in [7, 11) is 0. The second-order valence-corrected chi connectivity index (χ2v) is 13.6. The maximum atomic E-state index is 5.21. The van der Waals surface area contributed by atoms with Crippen molar-refractivity contribution in [2.45, 2.75) is 0 Å². The van der Waals surface area contributed by atoms with Crippen LogP contribution in [0.1, 0.15) is 0 Å². The van der Waals surface area contributed by atoms with E-state index in [0.29, 0.717) is 5.82 Å². The molecule has 54 heavy (non-hydrogen) atoms. The van der Waals surface area contributed by atoms with Gasteiger partial charge in [0.1, 0.15) is 0 Å². The number of benzene rings is 8. The Morgan fingerprint density at radius 2 is 0.704 bits per heavy atom. The van der Waals surface area contributed by atoms with Gasteiger partial charge in [0.25, 0.3) is 0 Å². The van der Waals surface area contributed by atoms with Crippen LogP contribution in [0, 0.1) is 0 Å². The molecule has 0 saturated heterocycles. The van der Waals surface area contributed by atoms with Crippen molar-refractivity contribution in [2.75, 3.05) is 0 Å². The van der Waals surface area contributed by atoms with E-state index in [-0.39, 0.29) is 0 Å². The van der Waals surface area contributed by atoms with Crippen LogP contribution < -0.4 is 0 Å². The number of nitrogens with zero attached hydrogens (tertiary/aromatic N) is 3. The highest BCUT2D eigenvalue weighted by Crippen LogP contribution is 2.42. The molecule has 0 aliphatic carbocycles. The van der Waals surface area contributed by atoms with Crippen LogP contribution in [0.25, 0.3) is 99.6 Å². The van der Waals surface area contributed by atoms with E-state index < -0.39 is 0 Å². The molecule has 3 heteroatoms. The quantitative estimate of drug-likeness (QED) is 0.163. The van der Waals surface area contributed by atoms with E-state index in [9.17, 15) is 0 Å². The average molecular weight is 688 g/mol. The van der Waals surface area contributed by atoms with Crippen LogP contribution in [0.15, 0.2) is 200 Å². The van der Waals surface area contributed by atoms with E-state index in [0.717, 1.165) is 44.8 Å². The first-order valence-corrected chi connectivity index (χ1v) is 18.3. The Labute approximate surface area is 313 Å². The Kier molecular flexibility index (Phi) is 7.81. The molecule has 2 heterocycles. The number of aromatic nitrogens is 3. The van der Waals surface area contributed by atoms with Crippen LogP contribution in [0.2, 0.25) is 0 Å². The van der Waals surface area contributed by atoms with Gasteiger partial charge < -0.3 is 0 Å². The Bertz CT molecular complexity index is 2960. The lowest BCUT2D eigenvalue weighted by Gasteiger charge is -2.16. The summed E-state index contributed by atoms with van der Waals surface area (Å²) >= 11 is 0. The van der Waals surface area contributed by atoms with Gasteiger partial charge in [-0.25, -0.2) is 9.97 Å². The summed E-state index contributed by atoms with van der Waals surface area (Å²) < 4.78 is 0. The molecule has 0 unspecified atom stereocenters. The highest BCUT2D eigenvalue weighted by Gasteiger charge is 2.16. The van der Waals surface area contributed by atoms with Crippen LogP contribution in [0.5, 0.6) is 0 Å². The highest BCUT2D eigenvalue weighted by molar-refractivity contribution is 6.23. The monoisotopic (exact) mass is 687 g/mol. The minimum Gasteiger partial charge on any atom is -0.265 e. The lowest BCUT2D eigenvalue weighted by molar-refractivity contribution is 1.18. The Balaban J connectivity index is 1.14. The predicted octanol–water partition coefficient (Wildman–Crippen LogP) is 13.3. The standard InChI is InChI=1S/C51H33N3/c1-3-12-36(13-4-1)45-31-47-44-21-10-8-19-42(44)46(32-48(47)43-20-9-7-18-41(43)45)39-16-11-17-40(30-39)51-53-49(37-14-5-2-6-15-37)33-50(54-51)38-24-22-34(23-25-38)35-26-28-52-29-27-35/h1-33H. The molecule has 0 N–H and O–H groups in total. The summed E-state index contributed by atoms with van der Waals surface area (Å²) in [6.45, 7) is 0. The number of hydrogen-bond acceptors (Lipinski definition) is 3. The zero-order valence-electron chi connectivity index (χ0n) is 29.4. The fourth-order valence-corrected chi connectivity index (χ4v) is 7.73. The first-order chi connectivity index (χ1) is 26.8. The number of hydrogen-bond donors (Lipinski definition) is 0. The molecule has 0 aliphatic heterocycles. The molecular formula is C51H33N3. The molecule has 3 nitrogen and oxygen atoms in total. The van der Waals surface area contributed by atoms with Crippen LogP contribution in [0.4, 0.5) is 0 Å². The third-order valence-corrected chi connectivity index (χ3v) is 10.4. The second-order valence-electron chi connectivity index (χ2n) is 13.6. The van der Waals surface area contributed by atoms with Crippen molar-refractivity contribution in [2.24, 2.45) is 0 Å². The molecule has 10 aromatic rings. The van der Waals surface area contributed by atoms with Gasteiger partial charge in [-0.05, 0) is 102 Å². The van der Waals surface area contributed by atoms with Crippen LogP contribution >= 0.6 is 0 Å². The third-order valence-electron chi connectivity index (χ3n) is 10.4. The summed E-state index contributed by atoms with van der Waals surface area (Å²) in [5.74, 6) is 0.689. The van der Waals surface area contributed by atoms with E-state index in [1.807, 2.05) is 30.6 Å². The summed E-state index contributed by atoms with van der Waals surface area (Å²) in [5, 5.41) is 7.43. The lowest BCUT2D eigenvalue weighted by Crippen LogP contribution is -1.96. The molecule has 2 aromatic heterocycles. The van der Waals surface area contributed by atoms with Crippen LogP contribution in [-0.2, 0) is 0 Å². The molecule has 0 aliphatic rings. The SMILES string of the molecule is c1ccc(-c2cc(-c3ccc(-c4ccncc4)cc3)nc(-c3cccc(-c4cc5c6ccccc6c(-c6ccccc6)cc5c5ccccc45)c3)n2)cc1. The number of pyridine rings is 1. The molecule has 0 amide bonds. The van der Waals surface area contributed by atoms with Gasteiger partial charge in [0, 0.05) is 29.1 Å². The fourth-order valence-electron chi connectivity index (χ4n) is 7.73. The van der Waals surface area contributed by atoms with Crippen molar-refractivity contribution in [3.63, 3.8) is 0 Å². The van der Waals surface area contributed by atoms with Gasteiger partial charge in [0.15, 0.2) is 5.82 Å². The van der Waals surface area contributed by atoms with Crippen LogP contribution in [-0.4, -0.2) is 15.0 Å². The zero-order chi connectivity index (χ0) is 35.8. The fraction of sp³-hybridized carbons (Fsp3) is 0. The molecule has 252 valence electrons. The van der Waals surface area contributed by atoms with Gasteiger partial charge in [-0.3, -0.25) is 4.98 Å². The molecule has 8 aromatic carbocycles. The van der Waals surface area contributed by atoms with Crippen molar-refractivity contribution in [1.29, 1.82) is 0 Å². The van der Waals surface area contributed by atoms with E-state index in [1.165, 1.54) is 49.0 Å². The first-order valence-electron chi connectivity index (χ1n) is 18.3. The first kappa shape index (κ1) is 31.5. The maximum absolute atomic E-state index is 5.21. The minimum absolute atomic E-state index is 0.689. The third kappa shape index (κ3) is 5.69. The smallest absolute Gasteiger partial charge is 0.160 e. The molecule has 0 saturated carbocycles. The van der Waals surface area contributed by atoms with Crippen LogP contribution in [0.3, 0.4) is 0 Å². The molecule has 0 bridgehead atoms. The summed E-state index contributed by atoms with van der Waals surface area (Å²) in [4.78, 5) is 14.6. The summed E-state index contributed by atoms with van der Waals surface area (Å²) in [6.07, 6.45) is 3.65. The Morgan fingerprint density at radius 1 is 0.259 bits per heavy atom. The molecule has 0 fully saturated rings. The normalized spacial score (nSPS) is 11.3. The summed E-state index contributed by atoms with van der Waals surface area (Å²) in [6, 6.07) is 66.8. The van der Waals surface area contributed by atoms with Gasteiger partial charge in [-0.15, -0.1) is 0 Å². The van der Waals surface area contributed by atoms with E-state index in [4.69, 9.17) is 9.97 Å². The van der Waals surface area contributed by atoms with Gasteiger partial charge >= 0.3 is 0 Å². The van der Waals surface area contributed by atoms with Gasteiger partial charge in [-0.2, -0.15) is 0 Å². The topological polar surface area (TPSA) is 38.7 Å². The van der Waals surface area contributed by atoms with E-state index in [2.05, 4.69) is 175 Å². The van der Waals surface area contributed by atoms with Gasteiger partial charge in [-0.1, -0.05) is 152 Å². The molecule has 0 radical (unpaired) electrons. The van der Waals surface area contributed by atoms with E-state index in [1.54, 1.807) is 0 Å². The van der Waals surface area contributed by atoms with Gasteiger partial charge in [0.05, 0.1) is 11.4 Å². The zero-order valence-corrected chi connectivity index (χ0v) is 29.4. The van der Waals surface area contributed by atoms with Crippen molar-refractivity contribution >= 4 is 32.3 Å². The number of rotatable bonds is 6. The van der Waals surface area contributed by atoms with Crippen molar-refractivity contribution in [3.05, 3.63) is 200 Å². The number of fused-ring (bicyclic) bond motifs is 5. The Morgan fingerprint density at radius 3 is 1.31 bits per heavy atom. The highest BCUT2D eigenvalue weighted by atomic mass is 14.9. The van der Waals surface area contributed by atoms with E-state index >= 15 is 0 Å². The molecular weight excluding hydrogens is 655 g/mol. The second kappa shape index (κ2) is 13.4. The van der Waals surface area contributed by atoms with Crippen molar-refractivity contribution in [1.82, 2.24) is 15.0 Å². The van der Waals surface area contributed by atoms with Crippen molar-refractivity contribution < 1.29 is 0 Å². The average Bonchev–Trinajstić information content (AvgIpc) is 3.26. The Hall–Kier alpha value is -7.23. The predicted molar refractivity (Wildman–Crippen MR) is 225 cm³/mol. The largest absolute Gasteiger partial charge is 0.265 e. The molecule has 0 atom stereocenters. The molecule has 0 spiro atoms.